The molecule has 1 aliphatic rings. The van der Waals surface area contributed by atoms with Gasteiger partial charge in [-0.3, -0.25) is 0 Å². The van der Waals surface area contributed by atoms with Gasteiger partial charge in [-0.15, -0.1) is 26.6 Å². The molecule has 8 nitrogen and oxygen atoms in total. The summed E-state index contributed by atoms with van der Waals surface area (Å²) in [5, 5.41) is 4.90. The summed E-state index contributed by atoms with van der Waals surface area (Å²) in [5.41, 5.74) is 1.94. The average molecular weight is 267 g/mol. The minimum absolute atomic E-state index is 0.125. The highest BCUT2D eigenvalue weighted by atomic mass is 35.5. The maximum atomic E-state index is 11.5. The minimum atomic E-state index is -0.795. The fourth-order valence-electron chi connectivity index (χ4n) is 1.46. The van der Waals surface area contributed by atoms with Crippen LogP contribution in [0.4, 0.5) is 4.79 Å². The van der Waals surface area contributed by atoms with Crippen molar-refractivity contribution in [2.24, 2.45) is 5.29 Å². The van der Waals surface area contributed by atoms with E-state index in [1.54, 1.807) is 5.01 Å². The van der Waals surface area contributed by atoms with Gasteiger partial charge in [-0.05, 0) is 12.8 Å². The Morgan fingerprint density at radius 1 is 1.41 bits per heavy atom. The number of carbonyl (C=O) groups excluding carboxylic acids is 1. The Bertz CT molecular complexity index is 250. The molecule has 1 heterocycles. The van der Waals surface area contributed by atoms with E-state index in [1.807, 2.05) is 5.48 Å². The van der Waals surface area contributed by atoms with Gasteiger partial charge in [-0.2, -0.15) is 10.5 Å². The van der Waals surface area contributed by atoms with Crippen LogP contribution in [-0.2, 0) is 9.88 Å². The molecule has 0 aliphatic carbocycles. The second-order valence-electron chi connectivity index (χ2n) is 3.39. The lowest BCUT2D eigenvalue weighted by Crippen LogP contribution is -2.49. The number of halogens is 1. The van der Waals surface area contributed by atoms with Crippen molar-refractivity contribution in [2.75, 3.05) is 25.6 Å². The third-order valence-corrected chi connectivity index (χ3v) is 2.36. The van der Waals surface area contributed by atoms with Gasteiger partial charge >= 0.3 is 6.03 Å². The molecule has 0 aromatic rings. The number of nitrogens with zero attached hydrogens (tertiary/aromatic N) is 3. The summed E-state index contributed by atoms with van der Waals surface area (Å²) in [6.45, 7) is 1.35. The Morgan fingerprint density at radius 2 is 2.12 bits per heavy atom. The Morgan fingerprint density at radius 3 is 2.71 bits per heavy atom. The number of alkyl halides is 1. The molecule has 17 heavy (non-hydrogen) atoms. The lowest BCUT2D eigenvalue weighted by molar-refractivity contribution is -0.323. The molecule has 1 saturated heterocycles. The monoisotopic (exact) mass is 266 g/mol. The van der Waals surface area contributed by atoms with Crippen molar-refractivity contribution in [1.29, 1.82) is 0 Å². The van der Waals surface area contributed by atoms with Crippen molar-refractivity contribution in [3.05, 3.63) is 4.91 Å². The number of hydrogen-bond acceptors (Lipinski definition) is 6. The third-order valence-electron chi connectivity index (χ3n) is 2.21. The second-order valence-corrected chi connectivity index (χ2v) is 3.76. The Kier molecular flexibility index (Phi) is 6.78. The average Bonchev–Trinajstić information content (AvgIpc) is 2.37. The molecule has 0 unspecified atom stereocenters. The smallest absolute Gasteiger partial charge is 0.242 e. The number of amides is 2. The summed E-state index contributed by atoms with van der Waals surface area (Å²) in [4.78, 5) is 30.9. The van der Waals surface area contributed by atoms with Gasteiger partial charge in [0.1, 0.15) is 0 Å². The molecular formula is C8H15ClN4O4. The lowest BCUT2D eigenvalue weighted by Gasteiger charge is -2.30. The van der Waals surface area contributed by atoms with E-state index in [0.717, 1.165) is 19.3 Å². The maximum absolute atomic E-state index is 11.5. The SMILES string of the molecule is O=NN(C(=O)NOOCCCl)N1CCCCC1. The molecule has 0 saturated carbocycles. The highest BCUT2D eigenvalue weighted by molar-refractivity contribution is 6.17. The molecule has 0 bridgehead atoms. The molecule has 0 radical (unpaired) electrons. The van der Waals surface area contributed by atoms with Crippen LogP contribution >= 0.6 is 11.6 Å². The first kappa shape index (κ1) is 14.1. The first-order valence-electron chi connectivity index (χ1n) is 5.32. The predicted octanol–water partition coefficient (Wildman–Crippen LogP) is 1.18. The van der Waals surface area contributed by atoms with E-state index in [2.05, 4.69) is 15.2 Å². The van der Waals surface area contributed by atoms with Crippen LogP contribution in [0.1, 0.15) is 19.3 Å². The van der Waals surface area contributed by atoms with E-state index in [1.165, 1.54) is 0 Å². The van der Waals surface area contributed by atoms with Crippen LogP contribution in [0.5, 0.6) is 0 Å². The summed E-state index contributed by atoms with van der Waals surface area (Å²) in [5.74, 6) is 0.234. The predicted molar refractivity (Wildman–Crippen MR) is 59.3 cm³/mol. The molecule has 0 atom stereocenters. The first-order chi connectivity index (χ1) is 8.29. The number of urea groups is 1. The second kappa shape index (κ2) is 8.18. The molecule has 1 N–H and O–H groups in total. The molecule has 1 rings (SSSR count). The van der Waals surface area contributed by atoms with Gasteiger partial charge in [-0.25, -0.2) is 9.68 Å². The number of nitroso groups, excluding NO2 is 1. The molecule has 0 spiro atoms. The highest BCUT2D eigenvalue weighted by Crippen LogP contribution is 2.11. The summed E-state index contributed by atoms with van der Waals surface area (Å²) in [6.07, 6.45) is 2.92. The fourth-order valence-corrected chi connectivity index (χ4v) is 1.53. The molecular weight excluding hydrogens is 252 g/mol. The number of hydrazine groups is 1. The number of rotatable bonds is 6. The van der Waals surface area contributed by atoms with Gasteiger partial charge in [0.2, 0.25) is 0 Å². The van der Waals surface area contributed by atoms with Gasteiger partial charge in [-0.1, -0.05) is 6.42 Å². The molecule has 9 heteroatoms. The minimum Gasteiger partial charge on any atom is -0.242 e. The van der Waals surface area contributed by atoms with Crippen molar-refractivity contribution < 1.29 is 14.7 Å². The number of nitrogens with one attached hydrogen (secondary N) is 1. The Balaban J connectivity index is 2.32. The van der Waals surface area contributed by atoms with Crippen LogP contribution in [0.3, 0.4) is 0 Å². The van der Waals surface area contributed by atoms with E-state index in [0.29, 0.717) is 18.2 Å². The Labute approximate surface area is 104 Å². The van der Waals surface area contributed by atoms with Crippen LogP contribution in [0.15, 0.2) is 5.29 Å². The zero-order valence-corrected chi connectivity index (χ0v) is 10.1. The van der Waals surface area contributed by atoms with Gasteiger partial charge in [0.25, 0.3) is 0 Å². The normalized spacial score (nSPS) is 16.5. The molecule has 0 aromatic heterocycles. The topological polar surface area (TPSA) is 83.5 Å². The van der Waals surface area contributed by atoms with Crippen molar-refractivity contribution in [3.63, 3.8) is 0 Å². The number of hydroxylamine groups is 1. The van der Waals surface area contributed by atoms with Crippen LogP contribution in [-0.4, -0.2) is 41.7 Å². The third kappa shape index (κ3) is 4.82. The highest BCUT2D eigenvalue weighted by Gasteiger charge is 2.24. The first-order valence-corrected chi connectivity index (χ1v) is 5.85. The molecule has 1 aliphatic heterocycles. The number of hydrogen-bond donors (Lipinski definition) is 1. The molecule has 98 valence electrons. The quantitative estimate of drug-likeness (QED) is 0.257. The van der Waals surface area contributed by atoms with Crippen molar-refractivity contribution in [2.45, 2.75) is 19.3 Å². The Hall–Kier alpha value is -0.960. The van der Waals surface area contributed by atoms with Crippen LogP contribution in [0, 0.1) is 4.91 Å². The summed E-state index contributed by atoms with van der Waals surface area (Å²) >= 11 is 5.32. The standard InChI is InChI=1S/C8H15ClN4O4/c9-4-7-16-17-10-8(14)13(11-15)12-5-2-1-3-6-12/h1-7H2,(H,10,14). The summed E-state index contributed by atoms with van der Waals surface area (Å²) < 4.78 is 0. The van der Waals surface area contributed by atoms with E-state index in [9.17, 15) is 9.70 Å². The van der Waals surface area contributed by atoms with Gasteiger partial charge in [0, 0.05) is 19.0 Å². The molecule has 2 amide bonds. The summed E-state index contributed by atoms with van der Waals surface area (Å²) in [6, 6.07) is -0.795. The van der Waals surface area contributed by atoms with Crippen molar-refractivity contribution in [1.82, 2.24) is 15.6 Å². The lowest BCUT2D eigenvalue weighted by atomic mass is 10.2. The van der Waals surface area contributed by atoms with Gasteiger partial charge in [0.05, 0.1) is 11.9 Å². The zero-order valence-electron chi connectivity index (χ0n) is 9.30. The van der Waals surface area contributed by atoms with Crippen molar-refractivity contribution in [3.8, 4) is 0 Å². The van der Waals surface area contributed by atoms with E-state index in [4.69, 9.17) is 11.6 Å². The summed E-state index contributed by atoms with van der Waals surface area (Å²) in [7, 11) is 0. The molecule has 0 aromatic carbocycles. The number of piperidine rings is 1. The van der Waals surface area contributed by atoms with Crippen LogP contribution in [0.2, 0.25) is 0 Å². The largest absolute Gasteiger partial charge is 0.382 e. The molecule has 1 fully saturated rings. The van der Waals surface area contributed by atoms with Crippen molar-refractivity contribution >= 4 is 17.6 Å². The number of carbonyl (C=O) groups is 1. The fraction of sp³-hybridized carbons (Fsp3) is 0.875. The van der Waals surface area contributed by atoms with Gasteiger partial charge in [0.15, 0.2) is 0 Å². The van der Waals surface area contributed by atoms with Gasteiger partial charge < -0.3 is 0 Å². The maximum Gasteiger partial charge on any atom is 0.382 e. The van der Waals surface area contributed by atoms with Crippen LogP contribution in [0.25, 0.3) is 0 Å². The van der Waals surface area contributed by atoms with Crippen LogP contribution < -0.4 is 5.48 Å². The van der Waals surface area contributed by atoms with E-state index < -0.39 is 6.03 Å². The van der Waals surface area contributed by atoms with E-state index >= 15 is 0 Å². The zero-order chi connectivity index (χ0) is 12.5. The van der Waals surface area contributed by atoms with E-state index in [-0.39, 0.29) is 12.5 Å².